The van der Waals surface area contributed by atoms with Crippen molar-refractivity contribution in [2.45, 2.75) is 13.5 Å². The molecule has 0 bridgehead atoms. The van der Waals surface area contributed by atoms with E-state index in [1.54, 1.807) is 36.4 Å². The SMILES string of the molecule is COc1ccc(-c2oc3cc(C)ccc3c(=O)c2OCc2c(F)cccc2Cl)cc1OC. The zero-order valence-electron chi connectivity index (χ0n) is 17.7. The molecule has 7 heteroatoms. The Hall–Kier alpha value is -3.51. The fourth-order valence-electron chi connectivity index (χ4n) is 3.40. The van der Waals surface area contributed by atoms with Gasteiger partial charge >= 0.3 is 0 Å². The Balaban J connectivity index is 1.89. The van der Waals surface area contributed by atoms with Crippen LogP contribution < -0.4 is 19.6 Å². The maximum atomic E-state index is 14.3. The molecule has 0 atom stereocenters. The van der Waals surface area contributed by atoms with Gasteiger partial charge in [-0.05, 0) is 55.0 Å². The molecule has 0 amide bonds. The summed E-state index contributed by atoms with van der Waals surface area (Å²) in [6.07, 6.45) is 0. The van der Waals surface area contributed by atoms with E-state index in [4.69, 9.17) is 30.2 Å². The zero-order chi connectivity index (χ0) is 22.8. The normalized spacial score (nSPS) is 10.9. The number of aryl methyl sites for hydroxylation is 1. The molecular formula is C25H20ClFO5. The molecule has 164 valence electrons. The monoisotopic (exact) mass is 454 g/mol. The topological polar surface area (TPSA) is 57.9 Å². The molecule has 4 rings (SSSR count). The molecule has 0 fully saturated rings. The summed E-state index contributed by atoms with van der Waals surface area (Å²) >= 11 is 6.13. The Kier molecular flexibility index (Phi) is 6.06. The van der Waals surface area contributed by atoms with Crippen LogP contribution in [0.25, 0.3) is 22.3 Å². The number of halogens is 2. The first-order chi connectivity index (χ1) is 15.4. The highest BCUT2D eigenvalue weighted by Crippen LogP contribution is 2.37. The summed E-state index contributed by atoms with van der Waals surface area (Å²) in [7, 11) is 3.04. The Morgan fingerprint density at radius 1 is 1.00 bits per heavy atom. The van der Waals surface area contributed by atoms with Crippen molar-refractivity contribution in [3.63, 3.8) is 0 Å². The maximum Gasteiger partial charge on any atom is 0.235 e. The number of fused-ring (bicyclic) bond motifs is 1. The van der Waals surface area contributed by atoms with E-state index < -0.39 is 5.82 Å². The average Bonchev–Trinajstić information content (AvgIpc) is 2.79. The van der Waals surface area contributed by atoms with Gasteiger partial charge in [0.1, 0.15) is 18.0 Å². The highest BCUT2D eigenvalue weighted by atomic mass is 35.5. The lowest BCUT2D eigenvalue weighted by Gasteiger charge is -2.14. The Morgan fingerprint density at radius 3 is 2.50 bits per heavy atom. The molecule has 0 unspecified atom stereocenters. The van der Waals surface area contributed by atoms with Crippen molar-refractivity contribution >= 4 is 22.6 Å². The van der Waals surface area contributed by atoms with Crippen LogP contribution in [0.3, 0.4) is 0 Å². The van der Waals surface area contributed by atoms with Gasteiger partial charge in [-0.3, -0.25) is 4.79 Å². The summed E-state index contributed by atoms with van der Waals surface area (Å²) in [4.78, 5) is 13.3. The molecule has 3 aromatic carbocycles. The van der Waals surface area contributed by atoms with Gasteiger partial charge in [0, 0.05) is 11.1 Å². The van der Waals surface area contributed by atoms with Crippen LogP contribution in [0.4, 0.5) is 4.39 Å². The number of hydrogen-bond acceptors (Lipinski definition) is 5. The fourth-order valence-corrected chi connectivity index (χ4v) is 3.61. The zero-order valence-corrected chi connectivity index (χ0v) is 18.5. The third-order valence-corrected chi connectivity index (χ3v) is 5.43. The van der Waals surface area contributed by atoms with Crippen molar-refractivity contribution < 1.29 is 23.0 Å². The van der Waals surface area contributed by atoms with Gasteiger partial charge in [-0.15, -0.1) is 0 Å². The molecule has 0 aliphatic carbocycles. The van der Waals surface area contributed by atoms with Crippen molar-refractivity contribution in [3.05, 3.63) is 86.8 Å². The standard InChI is InChI=1S/C25H20ClFO5/c1-14-7-9-16-21(11-14)32-24(15-8-10-20(29-2)22(12-15)30-3)25(23(16)28)31-13-17-18(26)5-4-6-19(17)27/h4-12H,13H2,1-3H3. The van der Waals surface area contributed by atoms with Crippen LogP contribution in [0, 0.1) is 12.7 Å². The number of rotatable bonds is 6. The number of ether oxygens (including phenoxy) is 3. The van der Waals surface area contributed by atoms with Gasteiger partial charge in [0.15, 0.2) is 17.3 Å². The van der Waals surface area contributed by atoms with Gasteiger partial charge in [-0.2, -0.15) is 0 Å². The van der Waals surface area contributed by atoms with E-state index in [9.17, 15) is 9.18 Å². The first-order valence-corrected chi connectivity index (χ1v) is 10.2. The third-order valence-electron chi connectivity index (χ3n) is 5.07. The van der Waals surface area contributed by atoms with Gasteiger partial charge in [-0.25, -0.2) is 4.39 Å². The molecule has 0 N–H and O–H groups in total. The molecule has 5 nitrogen and oxygen atoms in total. The van der Waals surface area contributed by atoms with E-state index in [0.29, 0.717) is 28.0 Å². The van der Waals surface area contributed by atoms with Gasteiger partial charge in [0.25, 0.3) is 0 Å². The van der Waals surface area contributed by atoms with Crippen molar-refractivity contribution in [2.75, 3.05) is 14.2 Å². The molecule has 0 aliphatic rings. The summed E-state index contributed by atoms with van der Waals surface area (Å²) in [5.41, 5.74) is 1.67. The predicted octanol–water partition coefficient (Wildman–Crippen LogP) is 6.16. The molecule has 4 aromatic rings. The molecule has 0 saturated carbocycles. The van der Waals surface area contributed by atoms with Crippen LogP contribution >= 0.6 is 11.6 Å². The van der Waals surface area contributed by atoms with E-state index in [1.165, 1.54) is 26.4 Å². The van der Waals surface area contributed by atoms with Crippen LogP contribution in [0.2, 0.25) is 5.02 Å². The van der Waals surface area contributed by atoms with Crippen LogP contribution in [0.15, 0.2) is 63.8 Å². The second-order valence-electron chi connectivity index (χ2n) is 7.15. The first kappa shape index (κ1) is 21.7. The fraction of sp³-hybridized carbons (Fsp3) is 0.160. The minimum Gasteiger partial charge on any atom is -0.493 e. The molecule has 1 heterocycles. The van der Waals surface area contributed by atoms with E-state index in [1.807, 2.05) is 13.0 Å². The van der Waals surface area contributed by atoms with Crippen LogP contribution in [0.1, 0.15) is 11.1 Å². The predicted molar refractivity (Wildman–Crippen MR) is 122 cm³/mol. The van der Waals surface area contributed by atoms with Crippen LogP contribution in [-0.2, 0) is 6.61 Å². The van der Waals surface area contributed by atoms with Crippen LogP contribution in [-0.4, -0.2) is 14.2 Å². The Morgan fingerprint density at radius 2 is 1.78 bits per heavy atom. The van der Waals surface area contributed by atoms with Crippen molar-refractivity contribution in [1.29, 1.82) is 0 Å². The van der Waals surface area contributed by atoms with Crippen molar-refractivity contribution in [1.82, 2.24) is 0 Å². The molecule has 1 aromatic heterocycles. The van der Waals surface area contributed by atoms with Gasteiger partial charge in [0.05, 0.1) is 24.6 Å². The van der Waals surface area contributed by atoms with Crippen molar-refractivity contribution in [2.24, 2.45) is 0 Å². The average molecular weight is 455 g/mol. The second kappa shape index (κ2) is 8.93. The maximum absolute atomic E-state index is 14.3. The van der Waals surface area contributed by atoms with E-state index in [2.05, 4.69) is 0 Å². The summed E-state index contributed by atoms with van der Waals surface area (Å²) in [6, 6.07) is 14.7. The highest BCUT2D eigenvalue weighted by molar-refractivity contribution is 6.31. The third kappa shape index (κ3) is 4.01. The quantitative estimate of drug-likeness (QED) is 0.349. The lowest BCUT2D eigenvalue weighted by molar-refractivity contribution is 0.292. The number of benzene rings is 3. The summed E-state index contributed by atoms with van der Waals surface area (Å²) in [5.74, 6) is 0.608. The van der Waals surface area contributed by atoms with E-state index in [-0.39, 0.29) is 34.1 Å². The first-order valence-electron chi connectivity index (χ1n) is 9.78. The molecule has 0 aliphatic heterocycles. The molecule has 0 saturated heterocycles. The minimum atomic E-state index is -0.522. The molecule has 0 radical (unpaired) electrons. The second-order valence-corrected chi connectivity index (χ2v) is 7.55. The molecular weight excluding hydrogens is 435 g/mol. The Bertz CT molecular complexity index is 1340. The minimum absolute atomic E-state index is 0.0482. The number of methoxy groups -OCH3 is 2. The summed E-state index contributed by atoms with van der Waals surface area (Å²) < 4.78 is 36.9. The van der Waals surface area contributed by atoms with Crippen LogP contribution in [0.5, 0.6) is 17.2 Å². The lowest BCUT2D eigenvalue weighted by atomic mass is 10.1. The largest absolute Gasteiger partial charge is 0.493 e. The van der Waals surface area contributed by atoms with Gasteiger partial charge in [-0.1, -0.05) is 23.7 Å². The van der Waals surface area contributed by atoms with Gasteiger partial charge < -0.3 is 18.6 Å². The van der Waals surface area contributed by atoms with Gasteiger partial charge in [0.2, 0.25) is 11.2 Å². The molecule has 0 spiro atoms. The van der Waals surface area contributed by atoms with Crippen molar-refractivity contribution in [3.8, 4) is 28.6 Å². The summed E-state index contributed by atoms with van der Waals surface area (Å²) in [6.45, 7) is 1.66. The summed E-state index contributed by atoms with van der Waals surface area (Å²) in [5, 5.41) is 0.563. The Labute approximate surface area is 188 Å². The molecule has 32 heavy (non-hydrogen) atoms. The lowest BCUT2D eigenvalue weighted by Crippen LogP contribution is -2.11. The highest BCUT2D eigenvalue weighted by Gasteiger charge is 2.20. The smallest absolute Gasteiger partial charge is 0.235 e. The number of hydrogen-bond donors (Lipinski definition) is 0. The van der Waals surface area contributed by atoms with E-state index in [0.717, 1.165) is 5.56 Å². The van der Waals surface area contributed by atoms with E-state index >= 15 is 0 Å².